The van der Waals surface area contributed by atoms with Crippen LogP contribution in [0, 0.1) is 13.8 Å². The van der Waals surface area contributed by atoms with E-state index in [0.717, 1.165) is 5.69 Å². The van der Waals surface area contributed by atoms with Crippen LogP contribution in [-0.4, -0.2) is 0 Å². The lowest BCUT2D eigenvalue weighted by molar-refractivity contribution is 0.159. The second kappa shape index (κ2) is 3.11. The molecule has 1 N–H and O–H groups in total. The molecule has 0 bridgehead atoms. The van der Waals surface area contributed by atoms with Crippen LogP contribution in [0.2, 0.25) is 0 Å². The molecule has 1 aromatic rings. The van der Waals surface area contributed by atoms with Crippen LogP contribution in [0.5, 0.6) is 0 Å². The molecule has 0 atom stereocenters. The molecule has 0 unspecified atom stereocenters. The van der Waals surface area contributed by atoms with Gasteiger partial charge in [0.15, 0.2) is 0 Å². The van der Waals surface area contributed by atoms with Gasteiger partial charge in [-0.05, 0) is 25.5 Å². The first-order chi connectivity index (χ1) is 6.27. The van der Waals surface area contributed by atoms with Gasteiger partial charge in [-0.25, -0.2) is 5.01 Å². The Morgan fingerprint density at radius 3 is 2.77 bits per heavy atom. The Morgan fingerprint density at radius 1 is 1.31 bits per heavy atom. The van der Waals surface area contributed by atoms with Crippen LogP contribution >= 0.6 is 0 Å². The van der Waals surface area contributed by atoms with Gasteiger partial charge in [0.05, 0.1) is 11.9 Å². The highest BCUT2D eigenvalue weighted by molar-refractivity contribution is 5.55. The first-order valence-corrected chi connectivity index (χ1v) is 4.22. The van der Waals surface area contributed by atoms with E-state index >= 15 is 0 Å². The third-order valence-corrected chi connectivity index (χ3v) is 2.04. The molecule has 0 fully saturated rings. The molecule has 3 nitrogen and oxygen atoms in total. The third-order valence-electron chi connectivity index (χ3n) is 2.04. The van der Waals surface area contributed by atoms with Gasteiger partial charge in [-0.2, -0.15) is 0 Å². The van der Waals surface area contributed by atoms with Gasteiger partial charge >= 0.3 is 0 Å². The highest BCUT2D eigenvalue weighted by atomic mass is 16.7. The summed E-state index contributed by atoms with van der Waals surface area (Å²) < 4.78 is 0. The van der Waals surface area contributed by atoms with Crippen LogP contribution in [-0.2, 0) is 4.84 Å². The molecular weight excluding hydrogens is 164 g/mol. The van der Waals surface area contributed by atoms with Crippen molar-refractivity contribution >= 4 is 5.69 Å². The molecule has 0 radical (unpaired) electrons. The van der Waals surface area contributed by atoms with Crippen LogP contribution in [0.25, 0.3) is 0 Å². The summed E-state index contributed by atoms with van der Waals surface area (Å²) in [6.45, 7) is 4.16. The molecule has 3 heteroatoms. The van der Waals surface area contributed by atoms with Crippen LogP contribution in [0.15, 0.2) is 30.7 Å². The molecule has 0 amide bonds. The first-order valence-electron chi connectivity index (χ1n) is 4.22. The predicted octanol–water partition coefficient (Wildman–Crippen LogP) is 2.03. The smallest absolute Gasteiger partial charge is 0.131 e. The topological polar surface area (TPSA) is 24.5 Å². The first kappa shape index (κ1) is 8.13. The van der Waals surface area contributed by atoms with Gasteiger partial charge < -0.3 is 4.84 Å². The Balaban J connectivity index is 2.34. The molecule has 68 valence electrons. The number of benzene rings is 1. The van der Waals surface area contributed by atoms with Crippen molar-refractivity contribution < 1.29 is 4.84 Å². The molecule has 13 heavy (non-hydrogen) atoms. The number of nitrogens with zero attached hydrogens (tertiary/aromatic N) is 1. The van der Waals surface area contributed by atoms with Crippen molar-refractivity contribution in [2.45, 2.75) is 13.8 Å². The van der Waals surface area contributed by atoms with Crippen molar-refractivity contribution in [3.63, 3.8) is 0 Å². The molecule has 1 aromatic carbocycles. The van der Waals surface area contributed by atoms with E-state index < -0.39 is 0 Å². The van der Waals surface area contributed by atoms with Gasteiger partial charge in [0.25, 0.3) is 0 Å². The van der Waals surface area contributed by atoms with Crippen molar-refractivity contribution in [3.8, 4) is 0 Å². The van der Waals surface area contributed by atoms with E-state index in [1.807, 2.05) is 11.2 Å². The molecule has 0 spiro atoms. The molecule has 0 aliphatic carbocycles. The zero-order valence-corrected chi connectivity index (χ0v) is 7.74. The number of rotatable bonds is 1. The lowest BCUT2D eigenvalue weighted by Crippen LogP contribution is -2.27. The monoisotopic (exact) mass is 176 g/mol. The number of anilines is 1. The van der Waals surface area contributed by atoms with Gasteiger partial charge in [0.2, 0.25) is 0 Å². The molecule has 0 saturated carbocycles. The predicted molar refractivity (Wildman–Crippen MR) is 51.8 cm³/mol. The highest BCUT2D eigenvalue weighted by Crippen LogP contribution is 2.21. The Hall–Kier alpha value is -1.48. The summed E-state index contributed by atoms with van der Waals surface area (Å²) in [5.41, 5.74) is 6.36. The maximum Gasteiger partial charge on any atom is 0.131 e. The Morgan fingerprint density at radius 2 is 2.15 bits per heavy atom. The summed E-state index contributed by atoms with van der Waals surface area (Å²) in [6.07, 6.45) is 3.46. The van der Waals surface area contributed by atoms with Crippen LogP contribution in [0.1, 0.15) is 11.1 Å². The van der Waals surface area contributed by atoms with E-state index in [2.05, 4.69) is 37.6 Å². The summed E-state index contributed by atoms with van der Waals surface area (Å²) in [4.78, 5) is 4.89. The van der Waals surface area contributed by atoms with E-state index in [1.165, 1.54) is 11.1 Å². The quantitative estimate of drug-likeness (QED) is 0.708. The minimum Gasteiger partial charge on any atom is -0.395 e. The third kappa shape index (κ3) is 1.51. The van der Waals surface area contributed by atoms with Crippen LogP contribution < -0.4 is 10.6 Å². The fourth-order valence-electron chi connectivity index (χ4n) is 1.41. The van der Waals surface area contributed by atoms with Crippen molar-refractivity contribution in [3.05, 3.63) is 41.8 Å². The maximum atomic E-state index is 4.89. The van der Waals surface area contributed by atoms with Gasteiger partial charge in [-0.3, -0.25) is 0 Å². The fourth-order valence-corrected chi connectivity index (χ4v) is 1.41. The van der Waals surface area contributed by atoms with Gasteiger partial charge in [0, 0.05) is 0 Å². The summed E-state index contributed by atoms with van der Waals surface area (Å²) in [6, 6.07) is 6.29. The SMILES string of the molecule is Cc1ccc(N2C=CON2)c(C)c1. The number of nitrogens with one attached hydrogen (secondary N) is 1. The largest absolute Gasteiger partial charge is 0.395 e. The standard InChI is InChI=1S/C10H12N2O/c1-8-3-4-10(9(2)7-8)12-5-6-13-11-12/h3-7,11H,1-2H3. The van der Waals surface area contributed by atoms with E-state index in [-0.39, 0.29) is 0 Å². The molecule has 0 aromatic heterocycles. The van der Waals surface area contributed by atoms with Gasteiger partial charge in [-0.15, -0.1) is 0 Å². The van der Waals surface area contributed by atoms with E-state index in [4.69, 9.17) is 4.84 Å². The average molecular weight is 176 g/mol. The van der Waals surface area contributed by atoms with Crippen molar-refractivity contribution in [1.82, 2.24) is 5.59 Å². The van der Waals surface area contributed by atoms with E-state index in [0.29, 0.717) is 0 Å². The fraction of sp³-hybridized carbons (Fsp3) is 0.200. The summed E-state index contributed by atoms with van der Waals surface area (Å²) >= 11 is 0. The van der Waals surface area contributed by atoms with E-state index in [9.17, 15) is 0 Å². The zero-order chi connectivity index (χ0) is 9.26. The molecule has 2 rings (SSSR count). The second-order valence-electron chi connectivity index (χ2n) is 3.15. The number of aryl methyl sites for hydroxylation is 2. The molecule has 1 heterocycles. The van der Waals surface area contributed by atoms with Crippen LogP contribution in [0.4, 0.5) is 5.69 Å². The summed E-state index contributed by atoms with van der Waals surface area (Å²) in [5.74, 6) is 0. The minimum atomic E-state index is 1.11. The number of hydrazine groups is 1. The van der Waals surface area contributed by atoms with Crippen molar-refractivity contribution in [1.29, 1.82) is 0 Å². The highest BCUT2D eigenvalue weighted by Gasteiger charge is 2.09. The summed E-state index contributed by atoms with van der Waals surface area (Å²) in [7, 11) is 0. The molecular formula is C10H12N2O. The zero-order valence-electron chi connectivity index (χ0n) is 7.74. The molecule has 1 aliphatic rings. The summed E-state index contributed by atoms with van der Waals surface area (Å²) in [5, 5.41) is 1.84. The lowest BCUT2D eigenvalue weighted by Gasteiger charge is -2.16. The van der Waals surface area contributed by atoms with Crippen molar-refractivity contribution in [2.24, 2.45) is 0 Å². The second-order valence-corrected chi connectivity index (χ2v) is 3.15. The Bertz CT molecular complexity index is 347. The Kier molecular flexibility index (Phi) is 1.94. The van der Waals surface area contributed by atoms with Crippen LogP contribution in [0.3, 0.4) is 0 Å². The Labute approximate surface area is 77.5 Å². The number of hydrogen-bond acceptors (Lipinski definition) is 3. The maximum absolute atomic E-state index is 4.89. The van der Waals surface area contributed by atoms with Crippen molar-refractivity contribution in [2.75, 3.05) is 5.01 Å². The lowest BCUT2D eigenvalue weighted by atomic mass is 10.1. The molecule has 0 saturated heterocycles. The normalized spacial score (nSPS) is 14.8. The average Bonchev–Trinajstić information content (AvgIpc) is 2.56. The molecule has 1 aliphatic heterocycles. The van der Waals surface area contributed by atoms with E-state index in [1.54, 1.807) is 6.26 Å². The van der Waals surface area contributed by atoms with Gasteiger partial charge in [0.1, 0.15) is 6.26 Å². The van der Waals surface area contributed by atoms with Gasteiger partial charge in [-0.1, -0.05) is 23.3 Å². The number of hydrogen-bond donors (Lipinski definition) is 1. The minimum absolute atomic E-state index is 1.11.